The Bertz CT molecular complexity index is 496. The molecule has 6 heteroatoms. The number of carboxylic acid groups (broad SMARTS) is 1. The molecule has 0 heterocycles. The molecule has 3 N–H and O–H groups in total. The van der Waals surface area contributed by atoms with Crippen LogP contribution < -0.4 is 10.6 Å². The number of hydrogen-bond acceptors (Lipinski definition) is 3. The van der Waals surface area contributed by atoms with Crippen molar-refractivity contribution < 1.29 is 19.5 Å². The average Bonchev–Trinajstić information content (AvgIpc) is 2.38. The third kappa shape index (κ3) is 4.72. The molecule has 2 amide bonds. The van der Waals surface area contributed by atoms with Crippen LogP contribution in [0.2, 0.25) is 0 Å². The van der Waals surface area contributed by atoms with Crippen molar-refractivity contribution in [3.05, 3.63) is 29.8 Å². The van der Waals surface area contributed by atoms with E-state index < -0.39 is 18.0 Å². The van der Waals surface area contributed by atoms with Gasteiger partial charge in [0.25, 0.3) is 0 Å². The molecule has 0 aliphatic rings. The van der Waals surface area contributed by atoms with Gasteiger partial charge in [-0.05, 0) is 37.6 Å². The first-order chi connectivity index (χ1) is 9.43. The number of carboxylic acids is 1. The average molecular weight is 278 g/mol. The van der Waals surface area contributed by atoms with Crippen LogP contribution in [0.5, 0.6) is 0 Å². The quantitative estimate of drug-likeness (QED) is 0.695. The fraction of sp³-hybridized carbons (Fsp3) is 0.357. The predicted octanol–water partition coefficient (Wildman–Crippen LogP) is 2.26. The largest absolute Gasteiger partial charge is 0.480 e. The summed E-state index contributed by atoms with van der Waals surface area (Å²) >= 11 is 0. The lowest BCUT2D eigenvalue weighted by Crippen LogP contribution is -2.42. The Labute approximate surface area is 117 Å². The van der Waals surface area contributed by atoms with Gasteiger partial charge in [0.15, 0.2) is 5.78 Å². The molecule has 0 unspecified atom stereocenters. The van der Waals surface area contributed by atoms with E-state index in [1.807, 2.05) is 6.92 Å². The number of aliphatic carboxylic acids is 1. The summed E-state index contributed by atoms with van der Waals surface area (Å²) in [6.45, 7) is 3.30. The number of ketones is 1. The van der Waals surface area contributed by atoms with E-state index in [-0.39, 0.29) is 5.78 Å². The Kier molecular flexibility index (Phi) is 5.71. The van der Waals surface area contributed by atoms with Crippen molar-refractivity contribution in [2.45, 2.75) is 32.7 Å². The van der Waals surface area contributed by atoms with E-state index >= 15 is 0 Å². The molecular formula is C14H18N2O4. The van der Waals surface area contributed by atoms with E-state index in [1.165, 1.54) is 6.92 Å². The van der Waals surface area contributed by atoms with E-state index in [4.69, 9.17) is 5.11 Å². The Morgan fingerprint density at radius 1 is 1.20 bits per heavy atom. The van der Waals surface area contributed by atoms with Gasteiger partial charge < -0.3 is 15.7 Å². The first kappa shape index (κ1) is 15.7. The maximum atomic E-state index is 11.7. The van der Waals surface area contributed by atoms with Gasteiger partial charge in [0.2, 0.25) is 0 Å². The number of urea groups is 1. The highest BCUT2D eigenvalue weighted by atomic mass is 16.4. The van der Waals surface area contributed by atoms with Crippen molar-refractivity contribution in [2.75, 3.05) is 5.32 Å². The number of amides is 2. The number of anilines is 1. The summed E-state index contributed by atoms with van der Waals surface area (Å²) in [5.74, 6) is -1.12. The first-order valence-electron chi connectivity index (χ1n) is 6.35. The van der Waals surface area contributed by atoms with Crippen molar-refractivity contribution in [2.24, 2.45) is 0 Å². The van der Waals surface area contributed by atoms with Gasteiger partial charge in [0.1, 0.15) is 6.04 Å². The molecule has 0 fully saturated rings. The summed E-state index contributed by atoms with van der Waals surface area (Å²) in [5, 5.41) is 13.9. The van der Waals surface area contributed by atoms with Crippen LogP contribution in [0.4, 0.5) is 10.5 Å². The highest BCUT2D eigenvalue weighted by Gasteiger charge is 2.18. The summed E-state index contributed by atoms with van der Waals surface area (Å²) in [6, 6.07) is 4.88. The molecule has 0 aliphatic heterocycles. The molecule has 108 valence electrons. The van der Waals surface area contributed by atoms with Crippen LogP contribution in [0, 0.1) is 0 Å². The SMILES string of the molecule is CCC[C@H](NC(=O)Nc1ccc(C(C)=O)cc1)C(=O)O. The molecule has 0 bridgehead atoms. The Morgan fingerprint density at radius 3 is 2.25 bits per heavy atom. The molecular weight excluding hydrogens is 260 g/mol. The Hall–Kier alpha value is -2.37. The lowest BCUT2D eigenvalue weighted by molar-refractivity contribution is -0.139. The molecule has 0 radical (unpaired) electrons. The van der Waals surface area contributed by atoms with Gasteiger partial charge in [-0.3, -0.25) is 4.79 Å². The maximum absolute atomic E-state index is 11.7. The van der Waals surface area contributed by atoms with Gasteiger partial charge in [0.05, 0.1) is 0 Å². The minimum atomic E-state index is -1.06. The zero-order valence-corrected chi connectivity index (χ0v) is 11.5. The van der Waals surface area contributed by atoms with Crippen LogP contribution in [-0.2, 0) is 4.79 Å². The maximum Gasteiger partial charge on any atom is 0.326 e. The smallest absolute Gasteiger partial charge is 0.326 e. The zero-order chi connectivity index (χ0) is 15.1. The Balaban J connectivity index is 2.61. The molecule has 0 aromatic heterocycles. The van der Waals surface area contributed by atoms with Crippen molar-refractivity contribution in [1.82, 2.24) is 5.32 Å². The molecule has 1 rings (SSSR count). The summed E-state index contributed by atoms with van der Waals surface area (Å²) in [5.41, 5.74) is 1.04. The number of carbonyl (C=O) groups excluding carboxylic acids is 2. The van der Waals surface area contributed by atoms with Crippen molar-refractivity contribution >= 4 is 23.5 Å². The second-order valence-electron chi connectivity index (χ2n) is 4.41. The highest BCUT2D eigenvalue weighted by molar-refractivity contribution is 5.95. The second-order valence-corrected chi connectivity index (χ2v) is 4.41. The van der Waals surface area contributed by atoms with Gasteiger partial charge in [-0.2, -0.15) is 0 Å². The third-order valence-corrected chi connectivity index (χ3v) is 2.73. The van der Waals surface area contributed by atoms with Crippen LogP contribution in [0.3, 0.4) is 0 Å². The minimum Gasteiger partial charge on any atom is -0.480 e. The highest BCUT2D eigenvalue weighted by Crippen LogP contribution is 2.10. The number of rotatable bonds is 6. The van der Waals surface area contributed by atoms with Crippen LogP contribution >= 0.6 is 0 Å². The molecule has 0 aliphatic carbocycles. The van der Waals surface area contributed by atoms with Crippen LogP contribution in [0.25, 0.3) is 0 Å². The first-order valence-corrected chi connectivity index (χ1v) is 6.35. The molecule has 1 atom stereocenters. The zero-order valence-electron chi connectivity index (χ0n) is 11.5. The predicted molar refractivity (Wildman–Crippen MR) is 74.9 cm³/mol. The van der Waals surface area contributed by atoms with Gasteiger partial charge in [0, 0.05) is 11.3 Å². The monoisotopic (exact) mass is 278 g/mol. The van der Waals surface area contributed by atoms with Crippen LogP contribution in [-0.4, -0.2) is 28.9 Å². The van der Waals surface area contributed by atoms with Gasteiger partial charge in [-0.15, -0.1) is 0 Å². The van der Waals surface area contributed by atoms with E-state index in [0.717, 1.165) is 0 Å². The normalized spacial score (nSPS) is 11.5. The van der Waals surface area contributed by atoms with E-state index in [0.29, 0.717) is 24.1 Å². The molecule has 1 aromatic rings. The standard InChI is InChI=1S/C14H18N2O4/c1-3-4-12(13(18)19)16-14(20)15-11-7-5-10(6-8-11)9(2)17/h5-8,12H,3-4H2,1-2H3,(H,18,19)(H2,15,16,20)/t12-/m0/s1. The summed E-state index contributed by atoms with van der Waals surface area (Å²) in [4.78, 5) is 33.7. The summed E-state index contributed by atoms with van der Waals surface area (Å²) in [6.07, 6.45) is 1.02. The number of carbonyl (C=O) groups is 3. The van der Waals surface area contributed by atoms with E-state index in [9.17, 15) is 14.4 Å². The molecule has 0 saturated heterocycles. The van der Waals surface area contributed by atoms with E-state index in [2.05, 4.69) is 10.6 Å². The summed E-state index contributed by atoms with van der Waals surface area (Å²) in [7, 11) is 0. The fourth-order valence-corrected chi connectivity index (χ4v) is 1.66. The fourth-order valence-electron chi connectivity index (χ4n) is 1.66. The number of benzene rings is 1. The topological polar surface area (TPSA) is 95.5 Å². The number of Topliss-reactive ketones (excluding diaryl/α,β-unsaturated/α-hetero) is 1. The number of nitrogens with one attached hydrogen (secondary N) is 2. The molecule has 0 saturated carbocycles. The number of hydrogen-bond donors (Lipinski definition) is 3. The Morgan fingerprint density at radius 2 is 1.80 bits per heavy atom. The van der Waals surface area contributed by atoms with Crippen molar-refractivity contribution in [1.29, 1.82) is 0 Å². The lowest BCUT2D eigenvalue weighted by atomic mass is 10.1. The van der Waals surface area contributed by atoms with Gasteiger partial charge >= 0.3 is 12.0 Å². The molecule has 6 nitrogen and oxygen atoms in total. The molecule has 1 aromatic carbocycles. The lowest BCUT2D eigenvalue weighted by Gasteiger charge is -2.14. The second kappa shape index (κ2) is 7.28. The van der Waals surface area contributed by atoms with Crippen molar-refractivity contribution in [3.8, 4) is 0 Å². The van der Waals surface area contributed by atoms with Crippen molar-refractivity contribution in [3.63, 3.8) is 0 Å². The van der Waals surface area contributed by atoms with Gasteiger partial charge in [-0.1, -0.05) is 13.3 Å². The third-order valence-electron chi connectivity index (χ3n) is 2.73. The van der Waals surface area contributed by atoms with E-state index in [1.54, 1.807) is 24.3 Å². The molecule has 20 heavy (non-hydrogen) atoms. The molecule has 0 spiro atoms. The minimum absolute atomic E-state index is 0.0603. The van der Waals surface area contributed by atoms with Crippen LogP contribution in [0.15, 0.2) is 24.3 Å². The van der Waals surface area contributed by atoms with Crippen LogP contribution in [0.1, 0.15) is 37.0 Å². The summed E-state index contributed by atoms with van der Waals surface area (Å²) < 4.78 is 0. The van der Waals surface area contributed by atoms with Gasteiger partial charge in [-0.25, -0.2) is 9.59 Å².